The number of benzene rings is 1. The van der Waals surface area contributed by atoms with Gasteiger partial charge in [0.05, 0.1) is 7.11 Å². The second-order valence-electron chi connectivity index (χ2n) is 2.78. The lowest BCUT2D eigenvalue weighted by Gasteiger charge is -2.05. The first-order valence-corrected chi connectivity index (χ1v) is 4.09. The zero-order valence-electron chi connectivity index (χ0n) is 8.04. The van der Waals surface area contributed by atoms with Gasteiger partial charge in [-0.15, -0.1) is 0 Å². The Bertz CT molecular complexity index is 336. The van der Waals surface area contributed by atoms with Crippen molar-refractivity contribution in [3.05, 3.63) is 29.6 Å². The van der Waals surface area contributed by atoms with Crippen LogP contribution in [0.2, 0.25) is 0 Å². The van der Waals surface area contributed by atoms with Crippen LogP contribution in [0.5, 0.6) is 5.75 Å². The van der Waals surface area contributed by atoms with Crippen molar-refractivity contribution < 1.29 is 18.7 Å². The molecule has 76 valence electrons. The maximum Gasteiger partial charge on any atom is 0.343 e. The van der Waals surface area contributed by atoms with Gasteiger partial charge in [0.15, 0.2) is 6.61 Å². The molecular formula is C10H11FO3. The monoisotopic (exact) mass is 198 g/mol. The average molecular weight is 198 g/mol. The van der Waals surface area contributed by atoms with E-state index < -0.39 is 5.97 Å². The lowest BCUT2D eigenvalue weighted by atomic mass is 10.2. The molecule has 3 nitrogen and oxygen atoms in total. The predicted octanol–water partition coefficient (Wildman–Crippen LogP) is 1.69. The van der Waals surface area contributed by atoms with Crippen LogP contribution in [-0.2, 0) is 9.53 Å². The van der Waals surface area contributed by atoms with Gasteiger partial charge in [-0.3, -0.25) is 0 Å². The van der Waals surface area contributed by atoms with Crippen LogP contribution in [0.1, 0.15) is 5.56 Å². The summed E-state index contributed by atoms with van der Waals surface area (Å²) in [5, 5.41) is 0. The maximum absolute atomic E-state index is 12.8. The van der Waals surface area contributed by atoms with Crippen LogP contribution in [0.4, 0.5) is 4.39 Å². The van der Waals surface area contributed by atoms with E-state index in [0.717, 1.165) is 0 Å². The van der Waals surface area contributed by atoms with Crippen molar-refractivity contribution in [3.8, 4) is 5.75 Å². The molecule has 0 fully saturated rings. The lowest BCUT2D eigenvalue weighted by molar-refractivity contribution is -0.142. The molecule has 0 N–H and O–H groups in total. The third-order valence-corrected chi connectivity index (χ3v) is 1.71. The number of hydrogen-bond acceptors (Lipinski definition) is 3. The van der Waals surface area contributed by atoms with Crippen molar-refractivity contribution in [3.63, 3.8) is 0 Å². The van der Waals surface area contributed by atoms with Gasteiger partial charge in [-0.2, -0.15) is 0 Å². The van der Waals surface area contributed by atoms with Crippen LogP contribution in [0.15, 0.2) is 18.2 Å². The van der Waals surface area contributed by atoms with Crippen molar-refractivity contribution in [2.75, 3.05) is 13.7 Å². The molecule has 0 spiro atoms. The minimum Gasteiger partial charge on any atom is -0.482 e. The number of ether oxygens (including phenoxy) is 2. The molecule has 0 saturated heterocycles. The lowest BCUT2D eigenvalue weighted by Crippen LogP contribution is -2.12. The molecule has 0 amide bonds. The minimum absolute atomic E-state index is 0.165. The van der Waals surface area contributed by atoms with E-state index in [1.54, 1.807) is 6.92 Å². The van der Waals surface area contributed by atoms with E-state index in [4.69, 9.17) is 4.74 Å². The number of methoxy groups -OCH3 is 1. The van der Waals surface area contributed by atoms with Crippen molar-refractivity contribution in [1.82, 2.24) is 0 Å². The number of carbonyl (C=O) groups excluding carboxylic acids is 1. The SMILES string of the molecule is COC(=O)COc1ccc(F)c(C)c1. The van der Waals surface area contributed by atoms with Gasteiger partial charge in [0, 0.05) is 0 Å². The number of esters is 1. The summed E-state index contributed by atoms with van der Waals surface area (Å²) in [6, 6.07) is 4.28. The molecule has 0 saturated carbocycles. The van der Waals surface area contributed by atoms with E-state index in [-0.39, 0.29) is 12.4 Å². The first-order valence-electron chi connectivity index (χ1n) is 4.09. The van der Waals surface area contributed by atoms with E-state index in [1.165, 1.54) is 25.3 Å². The first kappa shape index (κ1) is 10.5. The van der Waals surface area contributed by atoms with E-state index in [9.17, 15) is 9.18 Å². The number of rotatable bonds is 3. The van der Waals surface area contributed by atoms with Crippen LogP contribution < -0.4 is 4.74 Å². The molecule has 1 aromatic rings. The van der Waals surface area contributed by atoms with Gasteiger partial charge < -0.3 is 9.47 Å². The van der Waals surface area contributed by atoms with Gasteiger partial charge in [-0.25, -0.2) is 9.18 Å². The van der Waals surface area contributed by atoms with Gasteiger partial charge in [0.1, 0.15) is 11.6 Å². The maximum atomic E-state index is 12.8. The highest BCUT2D eigenvalue weighted by molar-refractivity contribution is 5.70. The highest BCUT2D eigenvalue weighted by Crippen LogP contribution is 2.15. The summed E-state index contributed by atoms with van der Waals surface area (Å²) >= 11 is 0. The number of hydrogen-bond donors (Lipinski definition) is 0. The summed E-state index contributed by atoms with van der Waals surface area (Å²) in [6.45, 7) is 1.46. The molecule has 1 rings (SSSR count). The fourth-order valence-corrected chi connectivity index (χ4v) is 0.908. The second kappa shape index (κ2) is 4.60. The van der Waals surface area contributed by atoms with Crippen LogP contribution in [0.25, 0.3) is 0 Å². The molecule has 14 heavy (non-hydrogen) atoms. The Morgan fingerprint density at radius 3 is 2.79 bits per heavy atom. The van der Waals surface area contributed by atoms with E-state index in [0.29, 0.717) is 11.3 Å². The standard InChI is InChI=1S/C10H11FO3/c1-7-5-8(3-4-9(7)11)14-6-10(12)13-2/h3-5H,6H2,1-2H3. The fourth-order valence-electron chi connectivity index (χ4n) is 0.908. The Balaban J connectivity index is 2.60. The molecule has 0 atom stereocenters. The van der Waals surface area contributed by atoms with E-state index >= 15 is 0 Å². The number of aryl methyl sites for hydroxylation is 1. The molecule has 1 aromatic carbocycles. The van der Waals surface area contributed by atoms with Gasteiger partial charge in [-0.1, -0.05) is 0 Å². The molecule has 4 heteroatoms. The molecule has 0 aromatic heterocycles. The number of carbonyl (C=O) groups is 1. The first-order chi connectivity index (χ1) is 6.63. The smallest absolute Gasteiger partial charge is 0.343 e. The quantitative estimate of drug-likeness (QED) is 0.693. The Kier molecular flexibility index (Phi) is 3.45. The fraction of sp³-hybridized carbons (Fsp3) is 0.300. The third kappa shape index (κ3) is 2.73. The molecule has 0 aliphatic carbocycles. The van der Waals surface area contributed by atoms with Crippen molar-refractivity contribution in [1.29, 1.82) is 0 Å². The largest absolute Gasteiger partial charge is 0.482 e. The Morgan fingerprint density at radius 2 is 2.21 bits per heavy atom. The van der Waals surface area contributed by atoms with E-state index in [2.05, 4.69) is 4.74 Å². The second-order valence-corrected chi connectivity index (χ2v) is 2.78. The normalized spacial score (nSPS) is 9.64. The van der Waals surface area contributed by atoms with Crippen molar-refractivity contribution in [2.45, 2.75) is 6.92 Å². The molecule has 0 aliphatic heterocycles. The minimum atomic E-state index is -0.466. The number of halogens is 1. The van der Waals surface area contributed by atoms with Crippen molar-refractivity contribution >= 4 is 5.97 Å². The molecule has 0 heterocycles. The van der Waals surface area contributed by atoms with Gasteiger partial charge in [0.25, 0.3) is 0 Å². The van der Waals surface area contributed by atoms with Crippen LogP contribution in [-0.4, -0.2) is 19.7 Å². The van der Waals surface area contributed by atoms with Crippen molar-refractivity contribution in [2.24, 2.45) is 0 Å². The third-order valence-electron chi connectivity index (χ3n) is 1.71. The summed E-state index contributed by atoms with van der Waals surface area (Å²) in [7, 11) is 1.28. The molecule has 0 radical (unpaired) electrons. The summed E-state index contributed by atoms with van der Waals surface area (Å²) in [5.74, 6) is -0.309. The predicted molar refractivity (Wildman–Crippen MR) is 48.6 cm³/mol. The Morgan fingerprint density at radius 1 is 1.50 bits per heavy atom. The molecule has 0 aliphatic rings. The molecule has 0 bridgehead atoms. The average Bonchev–Trinajstić information content (AvgIpc) is 2.19. The summed E-state index contributed by atoms with van der Waals surface area (Å²) in [5.41, 5.74) is 0.479. The Hall–Kier alpha value is -1.58. The summed E-state index contributed by atoms with van der Waals surface area (Å²) in [4.78, 5) is 10.7. The zero-order chi connectivity index (χ0) is 10.6. The molecule has 0 unspecified atom stereocenters. The highest BCUT2D eigenvalue weighted by atomic mass is 19.1. The summed E-state index contributed by atoms with van der Waals surface area (Å²) < 4.78 is 22.3. The van der Waals surface area contributed by atoms with Gasteiger partial charge in [0.2, 0.25) is 0 Å². The topological polar surface area (TPSA) is 35.5 Å². The highest BCUT2D eigenvalue weighted by Gasteiger charge is 2.03. The van der Waals surface area contributed by atoms with Gasteiger partial charge >= 0.3 is 5.97 Å². The Labute approximate surface area is 81.4 Å². The van der Waals surface area contributed by atoms with Gasteiger partial charge in [-0.05, 0) is 30.7 Å². The van der Waals surface area contributed by atoms with E-state index in [1.807, 2.05) is 0 Å². The molecular weight excluding hydrogens is 187 g/mol. The van der Waals surface area contributed by atoms with Crippen LogP contribution in [0.3, 0.4) is 0 Å². The van der Waals surface area contributed by atoms with Crippen LogP contribution >= 0.6 is 0 Å². The van der Waals surface area contributed by atoms with Crippen LogP contribution in [0, 0.1) is 12.7 Å². The summed E-state index contributed by atoms with van der Waals surface area (Å²) in [6.07, 6.45) is 0. The zero-order valence-corrected chi connectivity index (χ0v) is 8.04.